The maximum Gasteiger partial charge on any atom is 0.251 e. The Balaban J connectivity index is 0. The minimum Gasteiger partial charge on any atom is -1.00 e. The molecule has 0 aromatic rings. The zero-order valence-electron chi connectivity index (χ0n) is 8.61. The summed E-state index contributed by atoms with van der Waals surface area (Å²) in [7, 11) is 1.71. The van der Waals surface area contributed by atoms with Gasteiger partial charge in [0.2, 0.25) is 5.78 Å². The van der Waals surface area contributed by atoms with Crippen LogP contribution in [0.3, 0.4) is 0 Å². The molecule has 0 aliphatic carbocycles. The Morgan fingerprint density at radius 2 is 2.14 bits per heavy atom. The second-order valence-corrected chi connectivity index (χ2v) is 3.38. The number of carbonyl (C=O) groups is 1. The molecule has 0 aromatic heterocycles. The zero-order chi connectivity index (χ0) is 10.5. The van der Waals surface area contributed by atoms with Gasteiger partial charge in [0.25, 0.3) is 6.23 Å². The summed E-state index contributed by atoms with van der Waals surface area (Å²) in [6.45, 7) is 5.62. The van der Waals surface area contributed by atoms with Gasteiger partial charge in [0.15, 0.2) is 0 Å². The van der Waals surface area contributed by atoms with Crippen LogP contribution in [-0.2, 0) is 4.79 Å². The molecule has 0 amide bonds. The minimum atomic E-state index is -1.08. The summed E-state index contributed by atoms with van der Waals surface area (Å²) in [5.41, 5.74) is 0. The molecule has 2 N–H and O–H groups in total. The number of halogens is 1. The number of likely N-dealkylation sites (N-methyl/N-ethyl adjacent to an activating group) is 1. The Labute approximate surface area is 90.8 Å². The fourth-order valence-corrected chi connectivity index (χ4v) is 1.28. The number of nitrogens with zero attached hydrogens (tertiary/aromatic N) is 1. The van der Waals surface area contributed by atoms with Crippen molar-refractivity contribution in [3.8, 4) is 0 Å². The Hall–Kier alpha value is -0.420. The quantitative estimate of drug-likeness (QED) is 0.280. The van der Waals surface area contributed by atoms with Crippen molar-refractivity contribution in [2.75, 3.05) is 26.7 Å². The van der Waals surface area contributed by atoms with E-state index >= 15 is 0 Å². The maximum absolute atomic E-state index is 11.0. The van der Waals surface area contributed by atoms with Gasteiger partial charge in [-0.1, -0.05) is 6.58 Å². The van der Waals surface area contributed by atoms with E-state index in [2.05, 4.69) is 6.58 Å². The molecule has 84 valence electrons. The highest BCUT2D eigenvalue weighted by molar-refractivity contribution is 5.78. The number of rotatable bonds is 6. The lowest BCUT2D eigenvalue weighted by Gasteiger charge is -2.35. The second-order valence-electron chi connectivity index (χ2n) is 3.38. The van der Waals surface area contributed by atoms with Crippen LogP contribution in [0.25, 0.3) is 0 Å². The SMILES string of the molecule is C=CC[N+](C)(CCO)C(O)C(C)=O.[Cl-]. The van der Waals surface area contributed by atoms with Crippen LogP contribution in [0.5, 0.6) is 0 Å². The molecule has 0 saturated carbocycles. The van der Waals surface area contributed by atoms with Gasteiger partial charge >= 0.3 is 0 Å². The average Bonchev–Trinajstić information content (AvgIpc) is 2.03. The van der Waals surface area contributed by atoms with Crippen LogP contribution in [0.2, 0.25) is 0 Å². The van der Waals surface area contributed by atoms with Gasteiger partial charge in [-0.3, -0.25) is 9.28 Å². The van der Waals surface area contributed by atoms with Gasteiger partial charge < -0.3 is 22.6 Å². The van der Waals surface area contributed by atoms with Crippen molar-refractivity contribution in [3.63, 3.8) is 0 Å². The van der Waals surface area contributed by atoms with Gasteiger partial charge in [-0.15, -0.1) is 0 Å². The molecular formula is C9H18ClNO3. The molecule has 0 radical (unpaired) electrons. The Bertz CT molecular complexity index is 198. The van der Waals surface area contributed by atoms with E-state index < -0.39 is 6.23 Å². The first-order valence-corrected chi connectivity index (χ1v) is 4.22. The van der Waals surface area contributed by atoms with Gasteiger partial charge in [0.05, 0.1) is 20.2 Å². The van der Waals surface area contributed by atoms with E-state index in [-0.39, 0.29) is 29.3 Å². The Morgan fingerprint density at radius 3 is 2.43 bits per heavy atom. The molecule has 14 heavy (non-hydrogen) atoms. The molecule has 4 nitrogen and oxygen atoms in total. The molecule has 0 aliphatic heterocycles. The Kier molecular flexibility index (Phi) is 7.96. The van der Waals surface area contributed by atoms with Crippen molar-refractivity contribution in [1.82, 2.24) is 0 Å². The van der Waals surface area contributed by atoms with Gasteiger partial charge in [0, 0.05) is 6.92 Å². The predicted molar refractivity (Wildman–Crippen MR) is 49.9 cm³/mol. The fraction of sp³-hybridized carbons (Fsp3) is 0.667. The smallest absolute Gasteiger partial charge is 0.251 e. The number of Topliss-reactive ketones (excluding diaryl/α,β-unsaturated/α-hetero) is 1. The molecular weight excluding hydrogens is 206 g/mol. The third-order valence-electron chi connectivity index (χ3n) is 2.11. The van der Waals surface area contributed by atoms with E-state index in [0.29, 0.717) is 13.1 Å². The molecule has 0 fully saturated rings. The summed E-state index contributed by atoms with van der Waals surface area (Å²) in [5, 5.41) is 18.4. The average molecular weight is 224 g/mol. The highest BCUT2D eigenvalue weighted by Crippen LogP contribution is 2.08. The topological polar surface area (TPSA) is 57.5 Å². The fourth-order valence-electron chi connectivity index (χ4n) is 1.28. The zero-order valence-corrected chi connectivity index (χ0v) is 9.37. The van der Waals surface area contributed by atoms with Crippen molar-refractivity contribution in [2.45, 2.75) is 13.2 Å². The van der Waals surface area contributed by atoms with Gasteiger partial charge in [-0.2, -0.15) is 0 Å². The lowest BCUT2D eigenvalue weighted by atomic mass is 10.2. The molecule has 0 aromatic carbocycles. The summed E-state index contributed by atoms with van der Waals surface area (Å²) in [6.07, 6.45) is 0.548. The van der Waals surface area contributed by atoms with Crippen LogP contribution in [0.4, 0.5) is 0 Å². The predicted octanol–water partition coefficient (Wildman–Crippen LogP) is -3.48. The number of hydrogen-bond acceptors (Lipinski definition) is 3. The summed E-state index contributed by atoms with van der Waals surface area (Å²) < 4.78 is 0.0926. The van der Waals surface area contributed by atoms with Gasteiger partial charge in [0.1, 0.15) is 6.54 Å². The highest BCUT2D eigenvalue weighted by Gasteiger charge is 2.32. The number of quaternary nitrogens is 1. The second kappa shape index (κ2) is 6.95. The van der Waals surface area contributed by atoms with Gasteiger partial charge in [-0.25, -0.2) is 0 Å². The lowest BCUT2D eigenvalue weighted by molar-refractivity contribution is -0.939. The number of aliphatic hydroxyl groups excluding tert-OH is 2. The number of aliphatic hydroxyl groups is 2. The third kappa shape index (κ3) is 4.19. The lowest BCUT2D eigenvalue weighted by Crippen LogP contribution is -3.00. The molecule has 2 atom stereocenters. The van der Waals surface area contributed by atoms with Gasteiger partial charge in [-0.05, 0) is 6.08 Å². The van der Waals surface area contributed by atoms with E-state index in [0.717, 1.165) is 0 Å². The van der Waals surface area contributed by atoms with Crippen LogP contribution < -0.4 is 12.4 Å². The summed E-state index contributed by atoms with van der Waals surface area (Å²) in [6, 6.07) is 0. The molecule has 0 bridgehead atoms. The Morgan fingerprint density at radius 1 is 1.64 bits per heavy atom. The third-order valence-corrected chi connectivity index (χ3v) is 2.11. The first-order chi connectivity index (χ1) is 5.98. The molecule has 0 saturated heterocycles. The number of carbonyl (C=O) groups excluding carboxylic acids is 1. The molecule has 0 aliphatic rings. The van der Waals surface area contributed by atoms with E-state index in [4.69, 9.17) is 5.11 Å². The van der Waals surface area contributed by atoms with Crippen molar-refractivity contribution < 1.29 is 31.9 Å². The molecule has 5 heteroatoms. The summed E-state index contributed by atoms with van der Waals surface area (Å²) >= 11 is 0. The van der Waals surface area contributed by atoms with E-state index in [1.54, 1.807) is 13.1 Å². The molecule has 0 heterocycles. The monoisotopic (exact) mass is 223 g/mol. The van der Waals surface area contributed by atoms with E-state index in [9.17, 15) is 9.90 Å². The normalized spacial score (nSPS) is 16.3. The molecule has 2 unspecified atom stereocenters. The first kappa shape index (κ1) is 16.0. The van der Waals surface area contributed by atoms with Crippen molar-refractivity contribution >= 4 is 5.78 Å². The minimum absolute atomic E-state index is 0. The summed E-state index contributed by atoms with van der Waals surface area (Å²) in [5.74, 6) is -0.294. The molecule has 0 spiro atoms. The van der Waals surface area contributed by atoms with E-state index in [1.807, 2.05) is 0 Å². The highest BCUT2D eigenvalue weighted by atomic mass is 35.5. The van der Waals surface area contributed by atoms with E-state index in [1.165, 1.54) is 6.92 Å². The number of hydrogen-bond donors (Lipinski definition) is 2. The van der Waals surface area contributed by atoms with Crippen LogP contribution >= 0.6 is 0 Å². The van der Waals surface area contributed by atoms with Crippen molar-refractivity contribution in [1.29, 1.82) is 0 Å². The van der Waals surface area contributed by atoms with Crippen LogP contribution in [0, 0.1) is 0 Å². The van der Waals surface area contributed by atoms with Crippen molar-refractivity contribution in [2.24, 2.45) is 0 Å². The standard InChI is InChI=1S/C9H18NO3.ClH/c1-4-5-10(3,6-7-11)9(13)8(2)12;/h4,9,11,13H,1,5-7H2,2-3H3;1H/q+1;/p-1. The largest absolute Gasteiger partial charge is 1.00 e. The number of ketones is 1. The van der Waals surface area contributed by atoms with Crippen LogP contribution in [0.1, 0.15) is 6.92 Å². The maximum atomic E-state index is 11.0. The van der Waals surface area contributed by atoms with Crippen LogP contribution in [-0.4, -0.2) is 53.5 Å². The van der Waals surface area contributed by atoms with Crippen LogP contribution in [0.15, 0.2) is 12.7 Å². The first-order valence-electron chi connectivity index (χ1n) is 4.22. The summed E-state index contributed by atoms with van der Waals surface area (Å²) in [4.78, 5) is 11.0. The molecule has 0 rings (SSSR count). The van der Waals surface area contributed by atoms with Crippen molar-refractivity contribution in [3.05, 3.63) is 12.7 Å².